The van der Waals surface area contributed by atoms with Crippen LogP contribution in [0.1, 0.15) is 29.5 Å². The van der Waals surface area contributed by atoms with E-state index >= 15 is 0 Å². The molecular formula is C26H22N2O2. The molecule has 1 aliphatic rings. The second-order valence-corrected chi connectivity index (χ2v) is 7.24. The van der Waals surface area contributed by atoms with E-state index in [4.69, 9.17) is 0 Å². The molecule has 4 nitrogen and oxygen atoms in total. The van der Waals surface area contributed by atoms with E-state index in [1.54, 1.807) is 4.90 Å². The number of rotatable bonds is 4. The topological polar surface area (TPSA) is 49.4 Å². The van der Waals surface area contributed by atoms with Gasteiger partial charge in [-0.1, -0.05) is 48.2 Å². The zero-order valence-corrected chi connectivity index (χ0v) is 16.6. The predicted octanol–water partition coefficient (Wildman–Crippen LogP) is 4.39. The van der Waals surface area contributed by atoms with E-state index in [1.807, 2.05) is 78.9 Å². The van der Waals surface area contributed by atoms with E-state index in [1.165, 1.54) is 0 Å². The van der Waals surface area contributed by atoms with Crippen LogP contribution in [0.3, 0.4) is 0 Å². The summed E-state index contributed by atoms with van der Waals surface area (Å²) in [6.07, 6.45) is 1.78. The van der Waals surface area contributed by atoms with Crippen molar-refractivity contribution in [1.82, 2.24) is 0 Å². The van der Waals surface area contributed by atoms with Gasteiger partial charge in [0.15, 0.2) is 0 Å². The number of hydrogen-bond acceptors (Lipinski definition) is 2. The molecule has 1 heterocycles. The highest BCUT2D eigenvalue weighted by Crippen LogP contribution is 2.22. The summed E-state index contributed by atoms with van der Waals surface area (Å²) in [6.45, 7) is 0.766. The molecule has 30 heavy (non-hydrogen) atoms. The minimum Gasteiger partial charge on any atom is -0.326 e. The lowest BCUT2D eigenvalue weighted by atomic mass is 10.1. The summed E-state index contributed by atoms with van der Waals surface area (Å²) in [4.78, 5) is 26.1. The van der Waals surface area contributed by atoms with Crippen LogP contribution in [0.15, 0.2) is 78.9 Å². The summed E-state index contributed by atoms with van der Waals surface area (Å²) in [7, 11) is 0. The minimum atomic E-state index is -0.0897. The molecule has 0 spiro atoms. The van der Waals surface area contributed by atoms with Gasteiger partial charge in [-0.3, -0.25) is 9.59 Å². The Labute approximate surface area is 176 Å². The van der Waals surface area contributed by atoms with Gasteiger partial charge in [-0.15, -0.1) is 0 Å². The Morgan fingerprint density at radius 1 is 0.900 bits per heavy atom. The Hall–Kier alpha value is -3.84. The normalized spacial score (nSPS) is 12.9. The van der Waals surface area contributed by atoms with Gasteiger partial charge >= 0.3 is 0 Å². The van der Waals surface area contributed by atoms with Gasteiger partial charge in [0.1, 0.15) is 0 Å². The molecule has 0 atom stereocenters. The van der Waals surface area contributed by atoms with Gasteiger partial charge in [0.25, 0.3) is 0 Å². The smallest absolute Gasteiger partial charge is 0.228 e. The van der Waals surface area contributed by atoms with Gasteiger partial charge < -0.3 is 10.2 Å². The molecule has 0 aliphatic carbocycles. The number of nitrogens with one attached hydrogen (secondary N) is 1. The van der Waals surface area contributed by atoms with Gasteiger partial charge in [0, 0.05) is 35.5 Å². The Balaban J connectivity index is 1.37. The highest BCUT2D eigenvalue weighted by atomic mass is 16.2. The zero-order chi connectivity index (χ0) is 20.8. The monoisotopic (exact) mass is 394 g/mol. The van der Waals surface area contributed by atoms with E-state index in [-0.39, 0.29) is 18.2 Å². The van der Waals surface area contributed by atoms with Crippen LogP contribution in [0.4, 0.5) is 11.4 Å². The lowest BCUT2D eigenvalue weighted by Crippen LogP contribution is -2.23. The van der Waals surface area contributed by atoms with E-state index in [0.29, 0.717) is 6.42 Å². The van der Waals surface area contributed by atoms with Crippen LogP contribution in [-0.2, 0) is 16.0 Å². The van der Waals surface area contributed by atoms with Crippen molar-refractivity contribution < 1.29 is 9.59 Å². The van der Waals surface area contributed by atoms with Gasteiger partial charge in [-0.05, 0) is 54.4 Å². The molecule has 4 heteroatoms. The maximum Gasteiger partial charge on any atom is 0.228 e. The van der Waals surface area contributed by atoms with E-state index in [9.17, 15) is 9.59 Å². The molecule has 148 valence electrons. The Kier molecular flexibility index (Phi) is 5.91. The number of anilines is 2. The van der Waals surface area contributed by atoms with E-state index in [0.717, 1.165) is 41.0 Å². The van der Waals surface area contributed by atoms with Gasteiger partial charge in [-0.2, -0.15) is 0 Å². The maximum atomic E-state index is 12.5. The van der Waals surface area contributed by atoms with Crippen LogP contribution in [-0.4, -0.2) is 18.4 Å². The molecule has 0 saturated carbocycles. The average molecular weight is 394 g/mol. The van der Waals surface area contributed by atoms with Crippen molar-refractivity contribution in [2.24, 2.45) is 0 Å². The van der Waals surface area contributed by atoms with Crippen molar-refractivity contribution in [1.29, 1.82) is 0 Å². The number of amides is 2. The van der Waals surface area contributed by atoms with Crippen LogP contribution in [0, 0.1) is 11.8 Å². The van der Waals surface area contributed by atoms with Crippen LogP contribution < -0.4 is 10.2 Å². The summed E-state index contributed by atoms with van der Waals surface area (Å²) < 4.78 is 0. The summed E-state index contributed by atoms with van der Waals surface area (Å²) in [5, 5.41) is 2.93. The number of nitrogens with zero attached hydrogens (tertiary/aromatic N) is 1. The fourth-order valence-electron chi connectivity index (χ4n) is 3.45. The number of carbonyl (C=O) groups excluding carboxylic acids is 2. The van der Waals surface area contributed by atoms with Crippen molar-refractivity contribution >= 4 is 23.2 Å². The molecule has 3 aromatic carbocycles. The van der Waals surface area contributed by atoms with Gasteiger partial charge in [0.05, 0.1) is 6.42 Å². The van der Waals surface area contributed by atoms with E-state index < -0.39 is 0 Å². The van der Waals surface area contributed by atoms with Crippen molar-refractivity contribution in [3.63, 3.8) is 0 Å². The molecule has 0 radical (unpaired) electrons. The first-order chi connectivity index (χ1) is 14.7. The molecule has 0 unspecified atom stereocenters. The summed E-state index contributed by atoms with van der Waals surface area (Å²) in [6, 6.07) is 24.9. The second-order valence-electron chi connectivity index (χ2n) is 7.24. The van der Waals surface area contributed by atoms with Gasteiger partial charge in [0.2, 0.25) is 11.8 Å². The molecule has 1 fully saturated rings. The lowest BCUT2D eigenvalue weighted by molar-refractivity contribution is -0.117. The summed E-state index contributed by atoms with van der Waals surface area (Å²) >= 11 is 0. The van der Waals surface area contributed by atoms with Crippen LogP contribution in [0.25, 0.3) is 0 Å². The van der Waals surface area contributed by atoms with Crippen LogP contribution in [0.2, 0.25) is 0 Å². The first-order valence-electron chi connectivity index (χ1n) is 10.0. The Morgan fingerprint density at radius 2 is 1.63 bits per heavy atom. The quantitative estimate of drug-likeness (QED) is 0.667. The maximum absolute atomic E-state index is 12.5. The van der Waals surface area contributed by atoms with Crippen molar-refractivity contribution in [3.8, 4) is 11.8 Å². The predicted molar refractivity (Wildman–Crippen MR) is 119 cm³/mol. The fraction of sp³-hybridized carbons (Fsp3) is 0.154. The third kappa shape index (κ3) is 4.95. The molecule has 0 aromatic heterocycles. The number of hydrogen-bond donors (Lipinski definition) is 1. The van der Waals surface area contributed by atoms with E-state index in [2.05, 4.69) is 17.2 Å². The number of carbonyl (C=O) groups is 2. The third-order valence-corrected chi connectivity index (χ3v) is 4.96. The van der Waals surface area contributed by atoms with Crippen LogP contribution in [0.5, 0.6) is 0 Å². The molecule has 2 amide bonds. The molecule has 1 N–H and O–H groups in total. The molecule has 1 aliphatic heterocycles. The minimum absolute atomic E-state index is 0.0897. The average Bonchev–Trinajstić information content (AvgIpc) is 3.20. The fourth-order valence-corrected chi connectivity index (χ4v) is 3.45. The highest BCUT2D eigenvalue weighted by Gasteiger charge is 2.21. The Bertz CT molecular complexity index is 1110. The second kappa shape index (κ2) is 9.11. The number of benzene rings is 3. The van der Waals surface area contributed by atoms with Crippen molar-refractivity contribution in [2.45, 2.75) is 19.3 Å². The highest BCUT2D eigenvalue weighted by molar-refractivity contribution is 5.95. The third-order valence-electron chi connectivity index (χ3n) is 4.96. The summed E-state index contributed by atoms with van der Waals surface area (Å²) in [5.74, 6) is 6.32. The van der Waals surface area contributed by atoms with Gasteiger partial charge in [-0.25, -0.2) is 0 Å². The lowest BCUT2D eigenvalue weighted by Gasteiger charge is -2.15. The molecular weight excluding hydrogens is 372 g/mol. The summed E-state index contributed by atoms with van der Waals surface area (Å²) in [5.41, 5.74) is 4.32. The molecule has 4 rings (SSSR count). The zero-order valence-electron chi connectivity index (χ0n) is 16.6. The first-order valence-corrected chi connectivity index (χ1v) is 10.0. The van der Waals surface area contributed by atoms with Crippen molar-refractivity contribution in [2.75, 3.05) is 16.8 Å². The Morgan fingerprint density at radius 3 is 2.37 bits per heavy atom. The van der Waals surface area contributed by atoms with Crippen LogP contribution >= 0.6 is 0 Å². The molecule has 0 bridgehead atoms. The standard InChI is InChI=1S/C26H22N2O2/c29-25(19-22-13-15-24(16-14-22)28-17-5-10-26(28)30)27-23-9-4-8-21(18-23)12-11-20-6-2-1-3-7-20/h1-4,6-9,13-16,18H,5,10,17,19H2,(H,27,29). The SMILES string of the molecule is O=C(Cc1ccc(N2CCCC2=O)cc1)Nc1cccc(C#Cc2ccccc2)c1. The molecule has 1 saturated heterocycles. The largest absolute Gasteiger partial charge is 0.326 e. The first kappa shape index (κ1) is 19.5. The van der Waals surface area contributed by atoms with Crippen molar-refractivity contribution in [3.05, 3.63) is 95.6 Å². The molecule has 3 aromatic rings.